The van der Waals surface area contributed by atoms with Crippen molar-refractivity contribution in [3.63, 3.8) is 0 Å². The number of pyridine rings is 1. The fourth-order valence-electron chi connectivity index (χ4n) is 1.38. The van der Waals surface area contributed by atoms with E-state index in [-0.39, 0.29) is 5.41 Å². The van der Waals surface area contributed by atoms with Crippen molar-refractivity contribution in [1.29, 1.82) is 0 Å². The molecule has 0 aliphatic carbocycles. The molecule has 3 nitrogen and oxygen atoms in total. The maximum Gasteiger partial charge on any atom is 0.0924 e. The van der Waals surface area contributed by atoms with Gasteiger partial charge in [0, 0.05) is 29.1 Å². The van der Waals surface area contributed by atoms with Crippen LogP contribution in [0.1, 0.15) is 26.5 Å². The first kappa shape index (κ1) is 9.90. The summed E-state index contributed by atoms with van der Waals surface area (Å²) in [4.78, 5) is 3.99. The van der Waals surface area contributed by atoms with Crippen LogP contribution in [0.25, 0.3) is 11.3 Å². The normalized spacial score (nSPS) is 11.7. The highest BCUT2D eigenvalue weighted by atomic mass is 15.1. The maximum atomic E-state index is 4.30. The third-order valence-electron chi connectivity index (χ3n) is 2.36. The fraction of sp³-hybridized carbons (Fsp3) is 0.333. The smallest absolute Gasteiger partial charge is 0.0924 e. The number of nitrogens with one attached hydrogen (secondary N) is 1. The molecule has 0 bridgehead atoms. The fourth-order valence-corrected chi connectivity index (χ4v) is 1.38. The number of H-pyrrole nitrogens is 1. The molecule has 0 fully saturated rings. The molecule has 2 heterocycles. The van der Waals surface area contributed by atoms with Gasteiger partial charge in [-0.3, -0.25) is 10.1 Å². The molecule has 0 amide bonds. The van der Waals surface area contributed by atoms with Gasteiger partial charge in [0.1, 0.15) is 0 Å². The van der Waals surface area contributed by atoms with Crippen molar-refractivity contribution in [3.05, 3.63) is 36.3 Å². The average molecular weight is 201 g/mol. The summed E-state index contributed by atoms with van der Waals surface area (Å²) in [6.07, 6.45) is 3.56. The molecule has 15 heavy (non-hydrogen) atoms. The van der Waals surface area contributed by atoms with Gasteiger partial charge >= 0.3 is 0 Å². The van der Waals surface area contributed by atoms with Gasteiger partial charge in [0.2, 0.25) is 0 Å². The maximum absolute atomic E-state index is 4.30. The van der Waals surface area contributed by atoms with Crippen LogP contribution in [0.2, 0.25) is 0 Å². The second-order valence-electron chi connectivity index (χ2n) is 4.65. The Kier molecular flexibility index (Phi) is 2.31. The van der Waals surface area contributed by atoms with Gasteiger partial charge < -0.3 is 0 Å². The van der Waals surface area contributed by atoms with E-state index >= 15 is 0 Å². The zero-order chi connectivity index (χ0) is 10.9. The molecular formula is C12H15N3. The Balaban J connectivity index is 2.37. The molecule has 3 heteroatoms. The summed E-state index contributed by atoms with van der Waals surface area (Å²) >= 11 is 0. The van der Waals surface area contributed by atoms with Crippen molar-refractivity contribution in [1.82, 2.24) is 15.2 Å². The van der Waals surface area contributed by atoms with Crippen molar-refractivity contribution >= 4 is 0 Å². The Bertz CT molecular complexity index is 437. The van der Waals surface area contributed by atoms with Crippen molar-refractivity contribution in [2.75, 3.05) is 0 Å². The lowest BCUT2D eigenvalue weighted by molar-refractivity contribution is 0.567. The van der Waals surface area contributed by atoms with Crippen molar-refractivity contribution in [2.24, 2.45) is 0 Å². The minimum atomic E-state index is 0.109. The van der Waals surface area contributed by atoms with Crippen molar-refractivity contribution in [3.8, 4) is 11.3 Å². The van der Waals surface area contributed by atoms with E-state index in [1.54, 1.807) is 12.4 Å². The predicted octanol–water partition coefficient (Wildman–Crippen LogP) is 2.77. The van der Waals surface area contributed by atoms with Gasteiger partial charge in [0.05, 0.1) is 5.69 Å². The average Bonchev–Trinajstić information content (AvgIpc) is 2.67. The molecule has 2 rings (SSSR count). The Hall–Kier alpha value is -1.64. The van der Waals surface area contributed by atoms with Crippen molar-refractivity contribution < 1.29 is 0 Å². The van der Waals surface area contributed by atoms with Crippen LogP contribution in [0.3, 0.4) is 0 Å². The first-order chi connectivity index (χ1) is 7.07. The van der Waals surface area contributed by atoms with Crippen LogP contribution in [-0.4, -0.2) is 15.2 Å². The largest absolute Gasteiger partial charge is 0.281 e. The van der Waals surface area contributed by atoms with E-state index in [1.807, 2.05) is 12.1 Å². The van der Waals surface area contributed by atoms with E-state index < -0.39 is 0 Å². The Morgan fingerprint density at radius 2 is 1.80 bits per heavy atom. The predicted molar refractivity (Wildman–Crippen MR) is 60.5 cm³/mol. The first-order valence-corrected chi connectivity index (χ1v) is 5.03. The van der Waals surface area contributed by atoms with Crippen molar-refractivity contribution in [2.45, 2.75) is 26.2 Å². The molecule has 0 radical (unpaired) electrons. The Morgan fingerprint density at radius 1 is 1.13 bits per heavy atom. The molecule has 1 N–H and O–H groups in total. The van der Waals surface area contributed by atoms with Crippen LogP contribution in [-0.2, 0) is 5.41 Å². The molecule has 2 aromatic heterocycles. The lowest BCUT2D eigenvalue weighted by Crippen LogP contribution is -2.11. The molecule has 0 atom stereocenters. The van der Waals surface area contributed by atoms with Crippen LogP contribution in [0.15, 0.2) is 30.6 Å². The van der Waals surface area contributed by atoms with Crippen LogP contribution < -0.4 is 0 Å². The van der Waals surface area contributed by atoms with E-state index in [2.05, 4.69) is 42.0 Å². The van der Waals surface area contributed by atoms with Gasteiger partial charge in [-0.25, -0.2) is 0 Å². The SMILES string of the molecule is CC(C)(C)c1cc(-c2ccncc2)n[nH]1. The van der Waals surface area contributed by atoms with Crippen LogP contribution in [0.5, 0.6) is 0 Å². The van der Waals surface area contributed by atoms with E-state index in [0.29, 0.717) is 0 Å². The third-order valence-corrected chi connectivity index (χ3v) is 2.36. The monoisotopic (exact) mass is 201 g/mol. The summed E-state index contributed by atoms with van der Waals surface area (Å²) in [6.45, 7) is 6.49. The summed E-state index contributed by atoms with van der Waals surface area (Å²) in [5.74, 6) is 0. The van der Waals surface area contributed by atoms with E-state index in [0.717, 1.165) is 17.0 Å². The highest BCUT2D eigenvalue weighted by Gasteiger charge is 2.16. The van der Waals surface area contributed by atoms with Gasteiger partial charge in [-0.15, -0.1) is 0 Å². The number of aromatic amines is 1. The molecule has 0 saturated carbocycles. The molecule has 0 aromatic carbocycles. The molecular weight excluding hydrogens is 186 g/mol. The molecule has 0 unspecified atom stereocenters. The third kappa shape index (κ3) is 2.06. The Morgan fingerprint density at radius 3 is 2.33 bits per heavy atom. The summed E-state index contributed by atoms with van der Waals surface area (Å²) in [5, 5.41) is 7.37. The number of hydrogen-bond donors (Lipinski definition) is 1. The van der Waals surface area contributed by atoms with E-state index in [4.69, 9.17) is 0 Å². The molecule has 0 aliphatic rings. The summed E-state index contributed by atoms with van der Waals surface area (Å²) in [5.41, 5.74) is 3.33. The quantitative estimate of drug-likeness (QED) is 0.770. The molecule has 0 spiro atoms. The molecule has 78 valence electrons. The number of rotatable bonds is 1. The minimum absolute atomic E-state index is 0.109. The standard InChI is InChI=1S/C12H15N3/c1-12(2,3)11-8-10(14-15-11)9-4-6-13-7-5-9/h4-8H,1-3H3,(H,14,15). The summed E-state index contributed by atoms with van der Waals surface area (Å²) in [6, 6.07) is 6.01. The van der Waals surface area contributed by atoms with Gasteiger partial charge in [0.25, 0.3) is 0 Å². The van der Waals surface area contributed by atoms with Gasteiger partial charge in [0.15, 0.2) is 0 Å². The topological polar surface area (TPSA) is 41.6 Å². The molecule has 2 aromatic rings. The molecule has 0 aliphatic heterocycles. The number of nitrogens with zero attached hydrogens (tertiary/aromatic N) is 2. The van der Waals surface area contributed by atoms with Gasteiger partial charge in [-0.1, -0.05) is 20.8 Å². The van der Waals surface area contributed by atoms with E-state index in [9.17, 15) is 0 Å². The minimum Gasteiger partial charge on any atom is -0.281 e. The van der Waals surface area contributed by atoms with Gasteiger partial charge in [-0.05, 0) is 18.2 Å². The van der Waals surface area contributed by atoms with Crippen LogP contribution in [0.4, 0.5) is 0 Å². The van der Waals surface area contributed by atoms with E-state index in [1.165, 1.54) is 0 Å². The second-order valence-corrected chi connectivity index (χ2v) is 4.65. The lowest BCUT2D eigenvalue weighted by atomic mass is 9.92. The number of hydrogen-bond acceptors (Lipinski definition) is 2. The molecule has 0 saturated heterocycles. The zero-order valence-electron chi connectivity index (χ0n) is 9.28. The van der Waals surface area contributed by atoms with Crippen LogP contribution in [0, 0.1) is 0 Å². The highest BCUT2D eigenvalue weighted by Crippen LogP contribution is 2.24. The lowest BCUT2D eigenvalue weighted by Gasteiger charge is -2.14. The summed E-state index contributed by atoms with van der Waals surface area (Å²) < 4.78 is 0. The second kappa shape index (κ2) is 3.50. The zero-order valence-corrected chi connectivity index (χ0v) is 9.28. The summed E-state index contributed by atoms with van der Waals surface area (Å²) in [7, 11) is 0. The van der Waals surface area contributed by atoms with Crippen LogP contribution >= 0.6 is 0 Å². The highest BCUT2D eigenvalue weighted by molar-refractivity contribution is 5.58. The first-order valence-electron chi connectivity index (χ1n) is 5.03. The Labute approximate surface area is 89.6 Å². The van der Waals surface area contributed by atoms with Gasteiger partial charge in [-0.2, -0.15) is 5.10 Å². The number of aromatic nitrogens is 3.